The lowest BCUT2D eigenvalue weighted by molar-refractivity contribution is -0.137. The van der Waals surface area contributed by atoms with Crippen LogP contribution < -0.4 is 4.74 Å². The number of alkyl halides is 3. The first-order valence-electron chi connectivity index (χ1n) is 5.00. The van der Waals surface area contributed by atoms with Crippen molar-refractivity contribution in [3.05, 3.63) is 35.2 Å². The molecule has 89 valence electrons. The van der Waals surface area contributed by atoms with Crippen molar-refractivity contribution in [3.8, 4) is 5.75 Å². The van der Waals surface area contributed by atoms with E-state index in [0.29, 0.717) is 12.2 Å². The Bertz CT molecular complexity index is 356. The molecule has 0 aliphatic carbocycles. The SMILES string of the molecule is CCOc1cc([C](C)C)cc(C(F)(F)F)c1. The highest BCUT2D eigenvalue weighted by molar-refractivity contribution is 5.41. The van der Waals surface area contributed by atoms with Crippen molar-refractivity contribution in [3.63, 3.8) is 0 Å². The summed E-state index contributed by atoms with van der Waals surface area (Å²) in [4.78, 5) is 0. The number of hydrogen-bond acceptors (Lipinski definition) is 1. The van der Waals surface area contributed by atoms with Crippen molar-refractivity contribution in [2.75, 3.05) is 6.61 Å². The molecule has 0 aliphatic heterocycles. The van der Waals surface area contributed by atoms with Gasteiger partial charge in [-0.1, -0.05) is 13.8 Å². The Kier molecular flexibility index (Phi) is 3.83. The first kappa shape index (κ1) is 12.9. The minimum absolute atomic E-state index is 0.258. The Labute approximate surface area is 93.2 Å². The molecule has 0 unspecified atom stereocenters. The van der Waals surface area contributed by atoms with Gasteiger partial charge in [0.1, 0.15) is 5.75 Å². The quantitative estimate of drug-likeness (QED) is 0.762. The number of benzene rings is 1. The van der Waals surface area contributed by atoms with Crippen molar-refractivity contribution in [2.45, 2.75) is 26.9 Å². The summed E-state index contributed by atoms with van der Waals surface area (Å²) in [6, 6.07) is 3.78. The summed E-state index contributed by atoms with van der Waals surface area (Å²) >= 11 is 0. The maximum atomic E-state index is 12.6. The number of ether oxygens (including phenoxy) is 1. The van der Waals surface area contributed by atoms with E-state index in [4.69, 9.17) is 4.74 Å². The van der Waals surface area contributed by atoms with Gasteiger partial charge in [-0.15, -0.1) is 0 Å². The second-order valence-electron chi connectivity index (χ2n) is 3.68. The molecule has 0 amide bonds. The number of hydrogen-bond donors (Lipinski definition) is 0. The largest absolute Gasteiger partial charge is 0.494 e. The van der Waals surface area contributed by atoms with Gasteiger partial charge < -0.3 is 4.74 Å². The molecule has 1 aromatic carbocycles. The van der Waals surface area contributed by atoms with Crippen LogP contribution in [-0.4, -0.2) is 6.61 Å². The second kappa shape index (κ2) is 4.76. The molecular weight excluding hydrogens is 217 g/mol. The van der Waals surface area contributed by atoms with E-state index in [1.54, 1.807) is 26.8 Å². The van der Waals surface area contributed by atoms with Crippen molar-refractivity contribution in [1.29, 1.82) is 0 Å². The number of rotatable bonds is 3. The van der Waals surface area contributed by atoms with Crippen LogP contribution in [0.1, 0.15) is 31.9 Å². The van der Waals surface area contributed by atoms with Gasteiger partial charge in [0.25, 0.3) is 0 Å². The maximum absolute atomic E-state index is 12.6. The van der Waals surface area contributed by atoms with E-state index in [1.807, 2.05) is 0 Å². The molecule has 0 N–H and O–H groups in total. The van der Waals surface area contributed by atoms with Crippen LogP contribution >= 0.6 is 0 Å². The lowest BCUT2D eigenvalue weighted by atomic mass is 10.00. The fourth-order valence-corrected chi connectivity index (χ4v) is 1.30. The standard InChI is InChI=1S/C12H14F3O/c1-4-16-11-6-9(8(2)3)5-10(7-11)12(13,14)15/h5-7H,4H2,1-3H3. The van der Waals surface area contributed by atoms with Gasteiger partial charge in [0.15, 0.2) is 0 Å². The van der Waals surface area contributed by atoms with Gasteiger partial charge in [-0.3, -0.25) is 0 Å². The molecule has 0 saturated heterocycles. The Balaban J connectivity index is 3.19. The average Bonchev–Trinajstić information content (AvgIpc) is 2.16. The molecule has 0 saturated carbocycles. The Morgan fingerprint density at radius 3 is 2.25 bits per heavy atom. The third kappa shape index (κ3) is 3.15. The first-order chi connectivity index (χ1) is 7.34. The summed E-state index contributed by atoms with van der Waals surface area (Å²) < 4.78 is 42.9. The smallest absolute Gasteiger partial charge is 0.416 e. The minimum atomic E-state index is -4.34. The molecule has 0 atom stereocenters. The van der Waals surface area contributed by atoms with Crippen LogP contribution in [0.5, 0.6) is 5.75 Å². The molecular formula is C12H14F3O. The Morgan fingerprint density at radius 1 is 1.19 bits per heavy atom. The molecule has 4 heteroatoms. The summed E-state index contributed by atoms with van der Waals surface area (Å²) in [5.41, 5.74) is -0.118. The third-order valence-electron chi connectivity index (χ3n) is 2.12. The molecule has 0 fully saturated rings. The van der Waals surface area contributed by atoms with Gasteiger partial charge in [0, 0.05) is 0 Å². The number of halogens is 3. The molecule has 0 aliphatic rings. The summed E-state index contributed by atoms with van der Waals surface area (Å²) in [7, 11) is 0. The normalized spacial score (nSPS) is 11.9. The van der Waals surface area contributed by atoms with Crippen molar-refractivity contribution in [2.24, 2.45) is 0 Å². The summed E-state index contributed by atoms with van der Waals surface area (Å²) in [5, 5.41) is 0. The van der Waals surface area contributed by atoms with E-state index in [-0.39, 0.29) is 5.75 Å². The van der Waals surface area contributed by atoms with E-state index < -0.39 is 11.7 Å². The molecule has 0 bridgehead atoms. The Hall–Kier alpha value is -1.19. The van der Waals surface area contributed by atoms with Crippen LogP contribution in [0.15, 0.2) is 18.2 Å². The van der Waals surface area contributed by atoms with E-state index in [1.165, 1.54) is 0 Å². The summed E-state index contributed by atoms with van der Waals surface area (Å²) in [6.45, 7) is 5.63. The lowest BCUT2D eigenvalue weighted by Gasteiger charge is -2.13. The van der Waals surface area contributed by atoms with Gasteiger partial charge in [0.05, 0.1) is 12.2 Å². The topological polar surface area (TPSA) is 9.23 Å². The predicted molar refractivity (Wildman–Crippen MR) is 56.3 cm³/mol. The van der Waals surface area contributed by atoms with Gasteiger partial charge in [-0.2, -0.15) is 13.2 Å². The van der Waals surface area contributed by atoms with Gasteiger partial charge >= 0.3 is 6.18 Å². The maximum Gasteiger partial charge on any atom is 0.416 e. The molecule has 0 spiro atoms. The van der Waals surface area contributed by atoms with Gasteiger partial charge in [-0.25, -0.2) is 0 Å². The van der Waals surface area contributed by atoms with E-state index in [2.05, 4.69) is 0 Å². The molecule has 1 radical (unpaired) electrons. The highest BCUT2D eigenvalue weighted by Crippen LogP contribution is 2.34. The van der Waals surface area contributed by atoms with Gasteiger partial charge in [-0.05, 0) is 36.6 Å². The zero-order valence-electron chi connectivity index (χ0n) is 9.48. The van der Waals surface area contributed by atoms with E-state index in [0.717, 1.165) is 18.1 Å². The first-order valence-corrected chi connectivity index (χ1v) is 5.00. The molecule has 0 heterocycles. The van der Waals surface area contributed by atoms with Crippen LogP contribution in [0.2, 0.25) is 0 Å². The summed E-state index contributed by atoms with van der Waals surface area (Å²) in [5.74, 6) is 1.08. The van der Waals surface area contributed by atoms with Gasteiger partial charge in [0.2, 0.25) is 0 Å². The van der Waals surface area contributed by atoms with Crippen molar-refractivity contribution in [1.82, 2.24) is 0 Å². The monoisotopic (exact) mass is 231 g/mol. The zero-order valence-corrected chi connectivity index (χ0v) is 9.48. The van der Waals surface area contributed by atoms with Crippen molar-refractivity contribution >= 4 is 0 Å². The third-order valence-corrected chi connectivity index (χ3v) is 2.12. The second-order valence-corrected chi connectivity index (χ2v) is 3.68. The van der Waals surface area contributed by atoms with E-state index >= 15 is 0 Å². The average molecular weight is 231 g/mol. The molecule has 1 aromatic rings. The van der Waals surface area contributed by atoms with E-state index in [9.17, 15) is 13.2 Å². The molecule has 1 rings (SSSR count). The van der Waals surface area contributed by atoms with Crippen molar-refractivity contribution < 1.29 is 17.9 Å². The Morgan fingerprint density at radius 2 is 1.81 bits per heavy atom. The van der Waals surface area contributed by atoms with Crippen LogP contribution in [0.4, 0.5) is 13.2 Å². The lowest BCUT2D eigenvalue weighted by Crippen LogP contribution is -2.07. The molecule has 1 nitrogen and oxygen atoms in total. The fourth-order valence-electron chi connectivity index (χ4n) is 1.30. The van der Waals surface area contributed by atoms with Crippen LogP contribution in [0.25, 0.3) is 0 Å². The molecule has 0 aromatic heterocycles. The predicted octanol–water partition coefficient (Wildman–Crippen LogP) is 4.07. The minimum Gasteiger partial charge on any atom is -0.494 e. The van der Waals surface area contributed by atoms with Crippen LogP contribution in [0, 0.1) is 5.92 Å². The van der Waals surface area contributed by atoms with Crippen LogP contribution in [-0.2, 0) is 6.18 Å². The fraction of sp³-hybridized carbons (Fsp3) is 0.417. The zero-order chi connectivity index (χ0) is 12.3. The highest BCUT2D eigenvalue weighted by Gasteiger charge is 2.31. The summed E-state index contributed by atoms with van der Waals surface area (Å²) in [6.07, 6.45) is -4.34. The molecule has 16 heavy (non-hydrogen) atoms. The highest BCUT2D eigenvalue weighted by atomic mass is 19.4. The van der Waals surface area contributed by atoms with Crippen LogP contribution in [0.3, 0.4) is 0 Å².